The number of piperazine rings is 1. The number of hydrogen-bond donors (Lipinski definition) is 1. The van der Waals surface area contributed by atoms with Gasteiger partial charge in [-0.1, -0.05) is 32.0 Å². The average molecular weight is 530 g/mol. The molecule has 37 heavy (non-hydrogen) atoms. The fourth-order valence-corrected chi connectivity index (χ4v) is 5.77. The third-order valence-electron chi connectivity index (χ3n) is 7.81. The molecule has 2 aromatic rings. The molecule has 2 atom stereocenters. The molecule has 0 unspecified atom stereocenters. The highest BCUT2D eigenvalue weighted by atomic mass is 35.5. The number of amides is 2. The van der Waals surface area contributed by atoms with E-state index in [4.69, 9.17) is 0 Å². The molecule has 3 aliphatic rings. The van der Waals surface area contributed by atoms with Crippen LogP contribution in [0.1, 0.15) is 50.4 Å². The molecule has 2 saturated heterocycles. The Hall–Kier alpha value is -2.55. The van der Waals surface area contributed by atoms with Crippen molar-refractivity contribution in [3.63, 3.8) is 0 Å². The first-order chi connectivity index (χ1) is 17.2. The molecule has 9 heteroatoms. The van der Waals surface area contributed by atoms with Crippen molar-refractivity contribution >= 4 is 29.9 Å². The molecule has 2 fully saturated rings. The van der Waals surface area contributed by atoms with Crippen molar-refractivity contribution in [2.75, 3.05) is 44.2 Å². The molecule has 0 aliphatic carbocycles. The van der Waals surface area contributed by atoms with Crippen LogP contribution < -0.4 is 10.2 Å². The van der Waals surface area contributed by atoms with Crippen molar-refractivity contribution < 1.29 is 14.0 Å². The standard InChI is InChI=1S/C28H36FN5O2.ClH/c1-19-15-33(22(13-30-19)16-32-10-6-9-26(32)35)17-27(36)34-18-28(2,3)23-14-31-21(12-25(23)34)11-20-7-4-5-8-24(20)29;/h4-5,7-8,12,14,19,22,30H,6,9-11,13,15-18H2,1-3H3;1H/t19-,22-;/m1./s1. The van der Waals surface area contributed by atoms with Gasteiger partial charge in [-0.25, -0.2) is 4.39 Å². The predicted molar refractivity (Wildman–Crippen MR) is 145 cm³/mol. The Labute approximate surface area is 224 Å². The molecular formula is C28H37ClFN5O2. The molecule has 0 saturated carbocycles. The maximum absolute atomic E-state index is 14.2. The lowest BCUT2D eigenvalue weighted by Gasteiger charge is -2.41. The quantitative estimate of drug-likeness (QED) is 0.622. The van der Waals surface area contributed by atoms with Crippen LogP contribution in [0.5, 0.6) is 0 Å². The lowest BCUT2D eigenvalue weighted by molar-refractivity contribution is -0.128. The molecule has 2 amide bonds. The zero-order chi connectivity index (χ0) is 25.4. The molecule has 4 heterocycles. The van der Waals surface area contributed by atoms with Crippen LogP contribution in [0.15, 0.2) is 36.5 Å². The third kappa shape index (κ3) is 5.81. The fourth-order valence-electron chi connectivity index (χ4n) is 5.77. The molecule has 7 nitrogen and oxygen atoms in total. The molecule has 0 radical (unpaired) electrons. The van der Waals surface area contributed by atoms with Gasteiger partial charge in [0.25, 0.3) is 0 Å². The van der Waals surface area contributed by atoms with Crippen molar-refractivity contribution in [2.45, 2.75) is 57.5 Å². The second-order valence-electron chi connectivity index (χ2n) is 11.2. The number of likely N-dealkylation sites (tertiary alicyclic amines) is 1. The zero-order valence-electron chi connectivity index (χ0n) is 21.9. The topological polar surface area (TPSA) is 68.8 Å². The number of nitrogens with one attached hydrogen (secondary N) is 1. The number of nitrogens with zero attached hydrogens (tertiary/aromatic N) is 4. The number of fused-ring (bicyclic) bond motifs is 1. The number of pyridine rings is 1. The maximum atomic E-state index is 14.2. The summed E-state index contributed by atoms with van der Waals surface area (Å²) >= 11 is 0. The van der Waals surface area contributed by atoms with E-state index in [-0.39, 0.29) is 47.5 Å². The number of halogens is 2. The van der Waals surface area contributed by atoms with Crippen LogP contribution in [0, 0.1) is 5.82 Å². The van der Waals surface area contributed by atoms with Gasteiger partial charge in [0, 0.05) is 80.5 Å². The van der Waals surface area contributed by atoms with Crippen LogP contribution in [0.25, 0.3) is 0 Å². The highest BCUT2D eigenvalue weighted by Gasteiger charge is 2.40. The zero-order valence-corrected chi connectivity index (χ0v) is 22.7. The van der Waals surface area contributed by atoms with Gasteiger partial charge >= 0.3 is 0 Å². The SMILES string of the molecule is C[C@@H]1CN(CC(=O)N2CC(C)(C)c3cnc(Cc4ccccc4F)cc32)[C@@H](CN2CCCC2=O)CN1.Cl. The molecule has 1 aromatic carbocycles. The normalized spacial score (nSPS) is 23.2. The minimum absolute atomic E-state index is 0. The van der Waals surface area contributed by atoms with Crippen LogP contribution in [0.4, 0.5) is 10.1 Å². The van der Waals surface area contributed by atoms with Gasteiger partial charge in [-0.3, -0.25) is 19.5 Å². The highest BCUT2D eigenvalue weighted by Crippen LogP contribution is 2.40. The molecule has 0 bridgehead atoms. The van der Waals surface area contributed by atoms with E-state index in [9.17, 15) is 14.0 Å². The smallest absolute Gasteiger partial charge is 0.241 e. The first kappa shape index (κ1) is 27.5. The van der Waals surface area contributed by atoms with E-state index in [0.29, 0.717) is 38.0 Å². The van der Waals surface area contributed by atoms with Crippen LogP contribution in [-0.2, 0) is 21.4 Å². The van der Waals surface area contributed by atoms with E-state index >= 15 is 0 Å². The summed E-state index contributed by atoms with van der Waals surface area (Å²) in [5.74, 6) is 0.0186. The fraction of sp³-hybridized carbons (Fsp3) is 0.536. The molecule has 0 spiro atoms. The van der Waals surface area contributed by atoms with Crippen molar-refractivity contribution in [1.82, 2.24) is 20.1 Å². The van der Waals surface area contributed by atoms with Crippen LogP contribution in [0.3, 0.4) is 0 Å². The number of carbonyl (C=O) groups excluding carboxylic acids is 2. The monoisotopic (exact) mass is 529 g/mol. The number of aromatic nitrogens is 1. The maximum Gasteiger partial charge on any atom is 0.241 e. The van der Waals surface area contributed by atoms with Crippen molar-refractivity contribution in [3.8, 4) is 0 Å². The Balaban J connectivity index is 0.00000320. The average Bonchev–Trinajstić information content (AvgIpc) is 3.36. The summed E-state index contributed by atoms with van der Waals surface area (Å²) < 4.78 is 14.2. The van der Waals surface area contributed by atoms with Gasteiger partial charge in [-0.2, -0.15) is 0 Å². The van der Waals surface area contributed by atoms with E-state index < -0.39 is 0 Å². The molecule has 1 aromatic heterocycles. The number of rotatable bonds is 6. The molecule has 200 valence electrons. The number of hydrogen-bond acceptors (Lipinski definition) is 5. The molecule has 3 aliphatic heterocycles. The predicted octanol–water partition coefficient (Wildman–Crippen LogP) is 3.14. The Morgan fingerprint density at radius 3 is 2.78 bits per heavy atom. The third-order valence-corrected chi connectivity index (χ3v) is 7.81. The van der Waals surface area contributed by atoms with Crippen LogP contribution >= 0.6 is 12.4 Å². The van der Waals surface area contributed by atoms with Gasteiger partial charge in [0.1, 0.15) is 5.82 Å². The Bertz CT molecular complexity index is 1160. The van der Waals surface area contributed by atoms with Gasteiger partial charge in [0.05, 0.1) is 12.2 Å². The van der Waals surface area contributed by atoms with E-state index in [1.807, 2.05) is 28.1 Å². The number of benzene rings is 1. The summed E-state index contributed by atoms with van der Waals surface area (Å²) in [6.45, 7) is 10.3. The number of anilines is 1. The Kier molecular flexibility index (Phi) is 8.21. The first-order valence-corrected chi connectivity index (χ1v) is 13.0. The summed E-state index contributed by atoms with van der Waals surface area (Å²) in [5, 5.41) is 3.51. The highest BCUT2D eigenvalue weighted by molar-refractivity contribution is 5.97. The van der Waals surface area contributed by atoms with Crippen LogP contribution in [0.2, 0.25) is 0 Å². The van der Waals surface area contributed by atoms with E-state index in [1.54, 1.807) is 12.1 Å². The summed E-state index contributed by atoms with van der Waals surface area (Å²) in [6, 6.07) is 9.08. The second kappa shape index (κ2) is 11.1. The second-order valence-corrected chi connectivity index (χ2v) is 11.2. The Morgan fingerprint density at radius 1 is 1.27 bits per heavy atom. The van der Waals surface area contributed by atoms with Crippen molar-refractivity contribution in [1.29, 1.82) is 0 Å². The van der Waals surface area contributed by atoms with Crippen molar-refractivity contribution in [3.05, 3.63) is 59.2 Å². The summed E-state index contributed by atoms with van der Waals surface area (Å²) in [6.07, 6.45) is 3.77. The molecular weight excluding hydrogens is 493 g/mol. The van der Waals surface area contributed by atoms with Gasteiger partial charge < -0.3 is 15.1 Å². The van der Waals surface area contributed by atoms with Gasteiger partial charge in [-0.15, -0.1) is 12.4 Å². The largest absolute Gasteiger partial charge is 0.341 e. The summed E-state index contributed by atoms with van der Waals surface area (Å²) in [4.78, 5) is 36.6. The molecule has 1 N–H and O–H groups in total. The van der Waals surface area contributed by atoms with Crippen LogP contribution in [-0.4, -0.2) is 78.0 Å². The van der Waals surface area contributed by atoms with Gasteiger partial charge in [0.2, 0.25) is 11.8 Å². The van der Waals surface area contributed by atoms with Gasteiger partial charge in [-0.05, 0) is 31.0 Å². The molecule has 5 rings (SSSR count). The Morgan fingerprint density at radius 2 is 2.05 bits per heavy atom. The summed E-state index contributed by atoms with van der Waals surface area (Å²) in [7, 11) is 0. The lowest BCUT2D eigenvalue weighted by atomic mass is 9.88. The van der Waals surface area contributed by atoms with Crippen molar-refractivity contribution in [2.24, 2.45) is 0 Å². The lowest BCUT2D eigenvalue weighted by Crippen LogP contribution is -2.60. The minimum atomic E-state index is -0.247. The first-order valence-electron chi connectivity index (χ1n) is 13.0. The van der Waals surface area contributed by atoms with E-state index in [2.05, 4.69) is 36.0 Å². The van der Waals surface area contributed by atoms with E-state index in [0.717, 1.165) is 43.0 Å². The summed E-state index contributed by atoms with van der Waals surface area (Å²) in [5.41, 5.74) is 3.04. The number of carbonyl (C=O) groups is 2. The minimum Gasteiger partial charge on any atom is -0.341 e. The van der Waals surface area contributed by atoms with E-state index in [1.165, 1.54) is 6.07 Å². The van der Waals surface area contributed by atoms with Gasteiger partial charge in [0.15, 0.2) is 0 Å².